The molecule has 7 aromatic carbocycles. The van der Waals surface area contributed by atoms with Crippen LogP contribution in [0.3, 0.4) is 0 Å². The van der Waals surface area contributed by atoms with E-state index < -0.39 is 0 Å². The minimum Gasteiger partial charge on any atom is -0.455 e. The normalized spacial score (nSPS) is 12.2. The Kier molecular flexibility index (Phi) is 3.82. The summed E-state index contributed by atoms with van der Waals surface area (Å²) in [6.45, 7) is 0. The maximum Gasteiger partial charge on any atom is 0.143 e. The Morgan fingerprint density at radius 1 is 0.395 bits per heavy atom. The molecule has 2 heteroatoms. The molecule has 2 aromatic heterocycles. The Balaban J connectivity index is 1.74. The Labute approximate surface area is 217 Å². The summed E-state index contributed by atoms with van der Waals surface area (Å²) in [5.74, 6) is 0. The van der Waals surface area contributed by atoms with Gasteiger partial charge in [-0.2, -0.15) is 0 Å². The average Bonchev–Trinajstić information content (AvgIpc) is 3.54. The van der Waals surface area contributed by atoms with Crippen LogP contribution in [0.15, 0.2) is 132 Å². The van der Waals surface area contributed by atoms with E-state index in [9.17, 15) is 0 Å². The van der Waals surface area contributed by atoms with E-state index in [1.54, 1.807) is 0 Å². The van der Waals surface area contributed by atoms with E-state index >= 15 is 0 Å². The van der Waals surface area contributed by atoms with E-state index in [-0.39, 0.29) is 0 Å². The predicted octanol–water partition coefficient (Wildman–Crippen LogP) is 10.1. The van der Waals surface area contributed by atoms with Gasteiger partial charge in [-0.1, -0.05) is 103 Å². The van der Waals surface area contributed by atoms with Gasteiger partial charge in [0, 0.05) is 43.4 Å². The van der Waals surface area contributed by atoms with Gasteiger partial charge < -0.3 is 8.98 Å². The fourth-order valence-corrected chi connectivity index (χ4v) is 6.67. The molecular weight excluding hydrogens is 462 g/mol. The lowest BCUT2D eigenvalue weighted by atomic mass is 9.90. The van der Waals surface area contributed by atoms with Crippen LogP contribution < -0.4 is 0 Å². The lowest BCUT2D eigenvalue weighted by Gasteiger charge is -2.15. The molecule has 0 saturated carbocycles. The van der Waals surface area contributed by atoms with Crippen LogP contribution in [0.25, 0.3) is 81.7 Å². The number of fused-ring (bicyclic) bond motifs is 15. The van der Waals surface area contributed by atoms with Crippen molar-refractivity contribution in [2.24, 2.45) is 0 Å². The summed E-state index contributed by atoms with van der Waals surface area (Å²) in [6.07, 6.45) is 0. The molecule has 0 fully saturated rings. The van der Waals surface area contributed by atoms with Crippen LogP contribution in [0.1, 0.15) is 0 Å². The zero-order valence-electron chi connectivity index (χ0n) is 20.5. The van der Waals surface area contributed by atoms with Gasteiger partial charge in [0.1, 0.15) is 11.2 Å². The van der Waals surface area contributed by atoms with Gasteiger partial charge in [0.05, 0.1) is 11.0 Å². The third-order valence-corrected chi connectivity index (χ3v) is 8.13. The van der Waals surface area contributed by atoms with Crippen LogP contribution in [-0.2, 0) is 0 Å². The van der Waals surface area contributed by atoms with Crippen LogP contribution in [-0.4, -0.2) is 4.57 Å². The monoisotopic (exact) mass is 483 g/mol. The van der Waals surface area contributed by atoms with Crippen LogP contribution in [0.2, 0.25) is 0 Å². The molecule has 0 aliphatic heterocycles. The van der Waals surface area contributed by atoms with Gasteiger partial charge in [0.15, 0.2) is 0 Å². The molecule has 0 aliphatic rings. The van der Waals surface area contributed by atoms with E-state index in [1.165, 1.54) is 54.1 Å². The first kappa shape index (κ1) is 20.0. The Morgan fingerprint density at radius 3 is 1.71 bits per heavy atom. The third-order valence-electron chi connectivity index (χ3n) is 8.13. The highest BCUT2D eigenvalue weighted by Gasteiger charge is 2.24. The molecule has 0 atom stereocenters. The van der Waals surface area contributed by atoms with Gasteiger partial charge in [0.2, 0.25) is 0 Å². The van der Waals surface area contributed by atoms with E-state index in [1.807, 2.05) is 0 Å². The predicted molar refractivity (Wildman–Crippen MR) is 161 cm³/mol. The SMILES string of the molecule is c1ccc(-n2c3ccccc3c3c4ccccc4c4c5c6ccccc6oc5c5ccccc5c4c32)cc1. The van der Waals surface area contributed by atoms with Crippen molar-refractivity contribution in [1.82, 2.24) is 4.57 Å². The molecule has 0 amide bonds. The molecule has 176 valence electrons. The number of rotatable bonds is 1. The highest BCUT2D eigenvalue weighted by atomic mass is 16.3. The van der Waals surface area contributed by atoms with Gasteiger partial charge in [-0.25, -0.2) is 0 Å². The number of para-hydroxylation sites is 3. The number of hydrogen-bond acceptors (Lipinski definition) is 1. The fourth-order valence-electron chi connectivity index (χ4n) is 6.67. The smallest absolute Gasteiger partial charge is 0.143 e. The van der Waals surface area contributed by atoms with E-state index in [0.29, 0.717) is 0 Å². The molecule has 0 aliphatic carbocycles. The molecule has 9 rings (SSSR count). The van der Waals surface area contributed by atoms with Crippen molar-refractivity contribution in [2.75, 3.05) is 0 Å². The Bertz CT molecular complexity index is 2390. The second-order valence-electron chi connectivity index (χ2n) is 10.1. The van der Waals surface area contributed by atoms with Gasteiger partial charge >= 0.3 is 0 Å². The first-order chi connectivity index (χ1) is 18.9. The standard InChI is InChI=1S/C36H21NO/c1-2-12-22(13-3-1)37-29-20-10-8-18-27(29)31-23-14-4-5-15-24(23)32-33(35(31)37)25-16-6-7-17-26(25)36-34(32)28-19-9-11-21-30(28)38-36/h1-21H. The molecular formula is C36H21NO. The van der Waals surface area contributed by atoms with E-state index in [2.05, 4.69) is 132 Å². The second-order valence-corrected chi connectivity index (χ2v) is 10.1. The lowest BCUT2D eigenvalue weighted by Crippen LogP contribution is -1.95. The molecule has 0 unspecified atom stereocenters. The summed E-state index contributed by atoms with van der Waals surface area (Å²) in [5, 5.41) is 12.3. The van der Waals surface area contributed by atoms with Crippen molar-refractivity contribution in [3.63, 3.8) is 0 Å². The van der Waals surface area contributed by atoms with Crippen molar-refractivity contribution < 1.29 is 4.42 Å². The number of hydrogen-bond donors (Lipinski definition) is 0. The van der Waals surface area contributed by atoms with Crippen molar-refractivity contribution >= 4 is 76.1 Å². The molecule has 0 radical (unpaired) electrons. The minimum atomic E-state index is 0.924. The highest BCUT2D eigenvalue weighted by Crippen LogP contribution is 2.49. The number of aromatic nitrogens is 1. The Morgan fingerprint density at radius 2 is 0.947 bits per heavy atom. The van der Waals surface area contributed by atoms with Crippen LogP contribution in [0.4, 0.5) is 0 Å². The molecule has 0 N–H and O–H groups in total. The summed E-state index contributed by atoms with van der Waals surface area (Å²) in [4.78, 5) is 0. The fraction of sp³-hybridized carbons (Fsp3) is 0. The van der Waals surface area contributed by atoms with Crippen molar-refractivity contribution in [1.29, 1.82) is 0 Å². The van der Waals surface area contributed by atoms with Gasteiger partial charge in [-0.05, 0) is 40.4 Å². The third kappa shape index (κ3) is 2.42. The topological polar surface area (TPSA) is 18.1 Å². The number of benzene rings is 7. The quantitative estimate of drug-likeness (QED) is 0.212. The summed E-state index contributed by atoms with van der Waals surface area (Å²) in [7, 11) is 0. The van der Waals surface area contributed by atoms with Crippen molar-refractivity contribution in [2.45, 2.75) is 0 Å². The van der Waals surface area contributed by atoms with Crippen LogP contribution in [0.5, 0.6) is 0 Å². The molecule has 38 heavy (non-hydrogen) atoms. The van der Waals surface area contributed by atoms with Gasteiger partial charge in [-0.15, -0.1) is 0 Å². The molecule has 0 bridgehead atoms. The van der Waals surface area contributed by atoms with Gasteiger partial charge in [-0.3, -0.25) is 0 Å². The molecule has 9 aromatic rings. The second kappa shape index (κ2) is 7.24. The number of furan rings is 1. The number of nitrogens with zero attached hydrogens (tertiary/aromatic N) is 1. The van der Waals surface area contributed by atoms with E-state index in [0.717, 1.165) is 27.6 Å². The first-order valence-electron chi connectivity index (χ1n) is 13.0. The van der Waals surface area contributed by atoms with E-state index in [4.69, 9.17) is 4.42 Å². The maximum absolute atomic E-state index is 6.60. The van der Waals surface area contributed by atoms with Crippen LogP contribution in [0, 0.1) is 0 Å². The van der Waals surface area contributed by atoms with Crippen molar-refractivity contribution in [3.05, 3.63) is 127 Å². The first-order valence-corrected chi connectivity index (χ1v) is 13.0. The van der Waals surface area contributed by atoms with Gasteiger partial charge in [0.25, 0.3) is 0 Å². The molecule has 2 heterocycles. The summed E-state index contributed by atoms with van der Waals surface area (Å²) < 4.78 is 9.06. The van der Waals surface area contributed by atoms with Crippen LogP contribution >= 0.6 is 0 Å². The highest BCUT2D eigenvalue weighted by molar-refractivity contribution is 6.44. The molecule has 0 saturated heterocycles. The maximum atomic E-state index is 6.60. The Hall–Kier alpha value is -5.08. The largest absolute Gasteiger partial charge is 0.455 e. The average molecular weight is 484 g/mol. The minimum absolute atomic E-state index is 0.924. The zero-order valence-corrected chi connectivity index (χ0v) is 20.5. The molecule has 0 spiro atoms. The van der Waals surface area contributed by atoms with Crippen molar-refractivity contribution in [3.8, 4) is 5.69 Å². The lowest BCUT2D eigenvalue weighted by molar-refractivity contribution is 0.673. The summed E-state index contributed by atoms with van der Waals surface area (Å²) >= 11 is 0. The molecule has 2 nitrogen and oxygen atoms in total. The summed E-state index contributed by atoms with van der Waals surface area (Å²) in [5.41, 5.74) is 5.51. The summed E-state index contributed by atoms with van der Waals surface area (Å²) in [6, 6.07) is 45.6. The zero-order chi connectivity index (χ0) is 24.8.